The summed E-state index contributed by atoms with van der Waals surface area (Å²) in [5.74, 6) is 4.09. The van der Waals surface area contributed by atoms with Crippen LogP contribution in [0.4, 0.5) is 0 Å². The molecule has 0 amide bonds. The normalized spacial score (nSPS) is 15.9. The van der Waals surface area contributed by atoms with Gasteiger partial charge in [-0.3, -0.25) is 15.0 Å². The topological polar surface area (TPSA) is 101 Å². The van der Waals surface area contributed by atoms with Gasteiger partial charge in [-0.2, -0.15) is 10.1 Å². The summed E-state index contributed by atoms with van der Waals surface area (Å²) in [6.45, 7) is 2.98. The second kappa shape index (κ2) is 11.7. The Kier molecular flexibility index (Phi) is 7.42. The number of pyridine rings is 1. The van der Waals surface area contributed by atoms with Crippen molar-refractivity contribution in [2.75, 3.05) is 13.1 Å². The van der Waals surface area contributed by atoms with Gasteiger partial charge in [0.25, 0.3) is 5.78 Å². The molecule has 1 N–H and O–H groups in total. The van der Waals surface area contributed by atoms with Gasteiger partial charge in [0.2, 0.25) is 0 Å². The van der Waals surface area contributed by atoms with E-state index in [-0.39, 0.29) is 12.4 Å². The number of benzene rings is 2. The van der Waals surface area contributed by atoms with E-state index in [0.29, 0.717) is 23.4 Å². The first kappa shape index (κ1) is 27.4. The highest BCUT2D eigenvalue weighted by molar-refractivity contribution is 5.85. The lowest BCUT2D eigenvalue weighted by molar-refractivity contribution is 0.202. The molecule has 1 aliphatic heterocycles. The van der Waals surface area contributed by atoms with E-state index < -0.39 is 0 Å². The van der Waals surface area contributed by atoms with Gasteiger partial charge in [-0.05, 0) is 62.0 Å². The summed E-state index contributed by atoms with van der Waals surface area (Å²) >= 11 is 0. The highest BCUT2D eigenvalue weighted by atomic mass is 35.5. The molecule has 6 aromatic rings. The second-order valence-electron chi connectivity index (χ2n) is 11.4. The molecule has 0 atom stereocenters. The number of nitrogens with zero attached hydrogens (tertiary/aromatic N) is 8. The fourth-order valence-electron chi connectivity index (χ4n) is 5.86. The predicted octanol–water partition coefficient (Wildman–Crippen LogP) is 6.32. The minimum atomic E-state index is 0. The zero-order valence-electron chi connectivity index (χ0n) is 23.7. The molecule has 1 aliphatic carbocycles. The Morgan fingerprint density at radius 3 is 2.30 bits per heavy atom. The van der Waals surface area contributed by atoms with Crippen molar-refractivity contribution in [1.82, 2.24) is 44.6 Å². The van der Waals surface area contributed by atoms with Crippen LogP contribution in [0.1, 0.15) is 54.7 Å². The molecule has 2 aromatic carbocycles. The van der Waals surface area contributed by atoms with Crippen molar-refractivity contribution in [1.29, 1.82) is 0 Å². The van der Waals surface area contributed by atoms with Crippen LogP contribution in [0.2, 0.25) is 0 Å². The van der Waals surface area contributed by atoms with E-state index >= 15 is 0 Å². The molecule has 1 saturated heterocycles. The first-order valence-electron chi connectivity index (χ1n) is 14.7. The number of hydrogen-bond acceptors (Lipinski definition) is 7. The molecule has 4 aromatic heterocycles. The van der Waals surface area contributed by atoms with Crippen molar-refractivity contribution in [3.8, 4) is 33.9 Å². The molecule has 2 aliphatic rings. The summed E-state index contributed by atoms with van der Waals surface area (Å²) in [5.41, 5.74) is 6.31. The van der Waals surface area contributed by atoms with Gasteiger partial charge in [0, 0.05) is 41.9 Å². The van der Waals surface area contributed by atoms with Crippen LogP contribution in [0.5, 0.6) is 0 Å². The molecular weight excluding hydrogens is 558 g/mol. The fourth-order valence-corrected chi connectivity index (χ4v) is 5.86. The predicted molar refractivity (Wildman–Crippen MR) is 168 cm³/mol. The molecule has 8 rings (SSSR count). The average molecular weight is 590 g/mol. The van der Waals surface area contributed by atoms with Crippen molar-refractivity contribution < 1.29 is 0 Å². The maximum absolute atomic E-state index is 5.02. The number of H-pyrrole nitrogens is 1. The van der Waals surface area contributed by atoms with Crippen LogP contribution in [-0.4, -0.2) is 57.7 Å². The van der Waals surface area contributed by atoms with E-state index in [1.165, 1.54) is 18.4 Å². The number of rotatable bonds is 7. The van der Waals surface area contributed by atoms with Crippen molar-refractivity contribution in [2.45, 2.75) is 44.1 Å². The Bertz CT molecular complexity index is 1820. The van der Waals surface area contributed by atoms with Crippen LogP contribution in [-0.2, 0) is 6.54 Å². The summed E-state index contributed by atoms with van der Waals surface area (Å²) in [6.07, 6.45) is 8.30. The van der Waals surface area contributed by atoms with Crippen LogP contribution in [0.15, 0.2) is 85.2 Å². The second-order valence-corrected chi connectivity index (χ2v) is 11.4. The van der Waals surface area contributed by atoms with E-state index in [0.717, 1.165) is 72.2 Å². The summed E-state index contributed by atoms with van der Waals surface area (Å²) < 4.78 is 1.84. The molecule has 5 heterocycles. The van der Waals surface area contributed by atoms with Crippen molar-refractivity contribution in [2.24, 2.45) is 0 Å². The number of halogens is 1. The van der Waals surface area contributed by atoms with Crippen LogP contribution in [0.3, 0.4) is 0 Å². The van der Waals surface area contributed by atoms with Crippen LogP contribution < -0.4 is 0 Å². The molecule has 0 unspecified atom stereocenters. The Morgan fingerprint density at radius 2 is 1.56 bits per heavy atom. The first-order chi connectivity index (χ1) is 20.8. The molecule has 0 spiro atoms. The van der Waals surface area contributed by atoms with Crippen LogP contribution in [0, 0.1) is 0 Å². The zero-order valence-corrected chi connectivity index (χ0v) is 24.5. The molecular formula is C33H32ClN9. The quantitative estimate of drug-likeness (QED) is 0.233. The van der Waals surface area contributed by atoms with Crippen molar-refractivity contribution in [3.05, 3.63) is 102 Å². The number of hydrogen-bond donors (Lipinski definition) is 1. The third kappa shape index (κ3) is 5.66. The lowest BCUT2D eigenvalue weighted by Gasteiger charge is -2.31. The Morgan fingerprint density at radius 1 is 0.767 bits per heavy atom. The summed E-state index contributed by atoms with van der Waals surface area (Å²) in [6, 6.07) is 25.1. The van der Waals surface area contributed by atoms with Gasteiger partial charge in [-0.15, -0.1) is 17.5 Å². The molecule has 1 saturated carbocycles. The third-order valence-electron chi connectivity index (χ3n) is 8.38. The average Bonchev–Trinajstić information content (AvgIpc) is 3.63. The van der Waals surface area contributed by atoms with Gasteiger partial charge in [0.1, 0.15) is 11.5 Å². The van der Waals surface area contributed by atoms with Crippen molar-refractivity contribution in [3.63, 3.8) is 0 Å². The van der Waals surface area contributed by atoms with Gasteiger partial charge in [-0.1, -0.05) is 60.7 Å². The highest BCUT2D eigenvalue weighted by Gasteiger charge is 2.29. The number of aromatic amines is 1. The Balaban J connectivity index is 0.00000300. The summed E-state index contributed by atoms with van der Waals surface area (Å²) in [7, 11) is 0. The van der Waals surface area contributed by atoms with E-state index in [1.807, 2.05) is 28.8 Å². The number of aromatic nitrogens is 8. The number of likely N-dealkylation sites (tertiary alicyclic amines) is 1. The van der Waals surface area contributed by atoms with Gasteiger partial charge >= 0.3 is 0 Å². The van der Waals surface area contributed by atoms with E-state index in [2.05, 4.69) is 74.8 Å². The highest BCUT2D eigenvalue weighted by Crippen LogP contribution is 2.39. The Hall–Kier alpha value is -4.47. The fraction of sp³-hybridized carbons (Fsp3) is 0.273. The molecule has 9 nitrogen and oxygen atoms in total. The third-order valence-corrected chi connectivity index (χ3v) is 8.38. The lowest BCUT2D eigenvalue weighted by atomic mass is 9.95. The van der Waals surface area contributed by atoms with Crippen molar-refractivity contribution >= 4 is 18.2 Å². The molecule has 0 bridgehead atoms. The largest absolute Gasteiger partial charge is 0.299 e. The van der Waals surface area contributed by atoms with Gasteiger partial charge < -0.3 is 0 Å². The Labute approximate surface area is 255 Å². The monoisotopic (exact) mass is 589 g/mol. The molecule has 216 valence electrons. The van der Waals surface area contributed by atoms with Gasteiger partial charge in [-0.25, -0.2) is 14.5 Å². The summed E-state index contributed by atoms with van der Waals surface area (Å²) in [5, 5.41) is 12.3. The molecule has 43 heavy (non-hydrogen) atoms. The van der Waals surface area contributed by atoms with Crippen LogP contribution >= 0.6 is 12.4 Å². The van der Waals surface area contributed by atoms with E-state index in [1.54, 1.807) is 6.20 Å². The van der Waals surface area contributed by atoms with E-state index in [4.69, 9.17) is 20.1 Å². The number of nitrogens with one attached hydrogen (secondary N) is 1. The van der Waals surface area contributed by atoms with Crippen LogP contribution in [0.25, 0.3) is 39.7 Å². The van der Waals surface area contributed by atoms with Gasteiger partial charge in [0.15, 0.2) is 11.6 Å². The van der Waals surface area contributed by atoms with E-state index in [9.17, 15) is 0 Å². The maximum Gasteiger partial charge on any atom is 0.253 e. The minimum absolute atomic E-state index is 0. The smallest absolute Gasteiger partial charge is 0.253 e. The number of fused-ring (bicyclic) bond motifs is 1. The molecule has 10 heteroatoms. The lowest BCUT2D eigenvalue weighted by Crippen LogP contribution is -2.32. The van der Waals surface area contributed by atoms with Gasteiger partial charge in [0.05, 0.1) is 5.69 Å². The zero-order chi connectivity index (χ0) is 27.9. The summed E-state index contributed by atoms with van der Waals surface area (Å²) in [4.78, 5) is 21.4. The minimum Gasteiger partial charge on any atom is -0.299 e. The SMILES string of the molecule is Cl.c1ccc(-c2cn3nc(C4CC4)nc3nc2-c2ccc(CN3CCC(c4nc(-c5ccccn5)n[nH]4)CC3)cc2)cc1. The maximum atomic E-state index is 5.02. The molecule has 2 fully saturated rings. The first-order valence-corrected chi connectivity index (χ1v) is 14.7. The molecule has 0 radical (unpaired) electrons. The number of piperidine rings is 1. The standard InChI is InChI=1S/C33H31N9.ClH/c1-2-6-23(7-3-1)27-21-42-33(37-31(40-42)25-13-14-25)35-29(27)24-11-9-22(10-12-24)20-41-18-15-26(16-19-41)30-36-32(39-38-30)28-8-4-5-17-34-28;/h1-12,17,21,25-26H,13-16,18-20H2,(H,36,38,39);1H.